The number of nitriles is 2. The third-order valence-electron chi connectivity index (χ3n) is 16.3. The van der Waals surface area contributed by atoms with Crippen molar-refractivity contribution in [1.29, 1.82) is 10.5 Å². The van der Waals surface area contributed by atoms with Crippen molar-refractivity contribution >= 4 is 119 Å². The molecule has 4 aromatic rings. The van der Waals surface area contributed by atoms with Gasteiger partial charge in [-0.3, -0.25) is 14.8 Å². The second-order valence-corrected chi connectivity index (χ2v) is 37.9. The Hall–Kier alpha value is -3.02. The molecule has 4 aliphatic heterocycles. The van der Waals surface area contributed by atoms with E-state index in [9.17, 15) is 30.3 Å². The van der Waals surface area contributed by atoms with E-state index in [0.717, 1.165) is 96.9 Å². The number of carbonyl (C=O) groups excluding carboxylic acids is 1. The maximum atomic E-state index is 13.1. The van der Waals surface area contributed by atoms with E-state index in [4.69, 9.17) is 43.5 Å². The van der Waals surface area contributed by atoms with Crippen molar-refractivity contribution in [2.45, 2.75) is 127 Å². The molecule has 12 rings (SSSR count). The molecule has 0 bridgehead atoms. The van der Waals surface area contributed by atoms with E-state index < -0.39 is 5.97 Å². The third kappa shape index (κ3) is 13.8. The molecule has 8 aliphatic rings. The SMILES string of the molecule is I.I[I-]I.N#Cc1ccc(N2N=C3c4ccc(C(=O)N5CCC(O)CC5)nc4CC[C@@H]3[C@@H]2C2CCCC2)cc1Cl.N#Cc1ccc(N2N=C3c4ccc(C(=O)O)nc4CC[C@@H]3[C@@H]2C2CCCC2)cc1Cl.OC1CCNCC1. The predicted octanol–water partition coefficient (Wildman–Crippen LogP) is 8.32. The van der Waals surface area contributed by atoms with E-state index in [2.05, 4.69) is 69.7 Å². The molecule has 21 heteroatoms. The van der Waals surface area contributed by atoms with E-state index in [1.165, 1.54) is 51.4 Å². The minimum Gasteiger partial charge on any atom is -0.477 e. The van der Waals surface area contributed by atoms with E-state index in [1.54, 1.807) is 23.1 Å². The van der Waals surface area contributed by atoms with Gasteiger partial charge in [-0.05, 0) is 163 Å². The Labute approximate surface area is 507 Å². The number of likely N-dealkylation sites (tertiary alicyclic amines) is 1. The van der Waals surface area contributed by atoms with Gasteiger partial charge < -0.3 is 25.5 Å². The molecule has 2 saturated carbocycles. The molecule has 0 radical (unpaired) electrons. The van der Waals surface area contributed by atoms with Crippen LogP contribution >= 0.6 is 84.4 Å². The van der Waals surface area contributed by atoms with Crippen LogP contribution < -0.4 is 28.6 Å². The minimum atomic E-state index is -1.01. The molecule has 410 valence electrons. The fourth-order valence-corrected chi connectivity index (χ4v) is 13.0. The summed E-state index contributed by atoms with van der Waals surface area (Å²) in [6.07, 6.45) is 16.0. The Kier molecular flexibility index (Phi) is 21.9. The Morgan fingerprint density at radius 1 is 0.636 bits per heavy atom. The van der Waals surface area contributed by atoms with E-state index in [0.29, 0.717) is 83.8 Å². The zero-order valence-electron chi connectivity index (χ0n) is 42.5. The number of hydrogen-bond acceptors (Lipinski definition) is 13. The number of aryl methyl sites for hydroxylation is 2. The predicted molar refractivity (Wildman–Crippen MR) is 324 cm³/mol. The second-order valence-electron chi connectivity index (χ2n) is 20.8. The monoisotopic (exact) mass is 1530 g/mol. The Balaban J connectivity index is 0.000000173. The van der Waals surface area contributed by atoms with Crippen LogP contribution in [0, 0.1) is 46.3 Å². The average molecular weight is 1530 g/mol. The third-order valence-corrected chi connectivity index (χ3v) is 17.0. The number of carboxylic acids is 1. The fraction of sp³-hybridized carbons (Fsp3) is 0.500. The molecule has 2 aromatic carbocycles. The molecular weight excluding hydrogens is 1470 g/mol. The smallest absolute Gasteiger partial charge is 0.354 e. The van der Waals surface area contributed by atoms with Crippen LogP contribution in [-0.2, 0) is 12.8 Å². The number of benzene rings is 2. The maximum absolute atomic E-state index is 13.1. The van der Waals surface area contributed by atoms with E-state index >= 15 is 0 Å². The summed E-state index contributed by atoms with van der Waals surface area (Å²) < 4.78 is 0. The number of piperidine rings is 2. The summed E-state index contributed by atoms with van der Waals surface area (Å²) in [7, 11) is 0. The van der Waals surface area contributed by atoms with E-state index in [1.807, 2.05) is 42.5 Å². The number of fused-ring (bicyclic) bond motifs is 6. The van der Waals surface area contributed by atoms with Crippen molar-refractivity contribution in [2.24, 2.45) is 33.9 Å². The zero-order chi connectivity index (χ0) is 53.5. The summed E-state index contributed by atoms with van der Waals surface area (Å²) in [6, 6.07) is 23.1. The number of aliphatic hydroxyl groups is 2. The molecule has 2 aromatic heterocycles. The molecule has 6 heterocycles. The van der Waals surface area contributed by atoms with Crippen LogP contribution in [0.1, 0.15) is 145 Å². The van der Waals surface area contributed by atoms with E-state index in [-0.39, 0.29) is 65.8 Å². The first-order valence-electron chi connectivity index (χ1n) is 26.5. The van der Waals surface area contributed by atoms with Crippen LogP contribution in [-0.4, -0.2) is 104 Å². The van der Waals surface area contributed by atoms with Crippen molar-refractivity contribution in [1.82, 2.24) is 20.2 Å². The number of nitrogens with zero attached hydrogens (tertiary/aromatic N) is 9. The van der Waals surface area contributed by atoms with Gasteiger partial charge in [-0.15, -0.1) is 24.0 Å². The van der Waals surface area contributed by atoms with Gasteiger partial charge in [0, 0.05) is 36.1 Å². The van der Waals surface area contributed by atoms with Crippen LogP contribution in [0.3, 0.4) is 0 Å². The Morgan fingerprint density at radius 3 is 1.47 bits per heavy atom. The second kappa shape index (κ2) is 28.1. The zero-order valence-corrected chi connectivity index (χ0v) is 52.8. The standard InChI is InChI=1S/C28H30ClN5O2.C23H21ClN4O2.C5H11NO.I3.HI/c29-23-15-19(6-5-18(23)16-30)34-27(17-3-1-2-4-17)22-8-9-24-21(26(22)32-34)7-10-25(31-24)28(36)33-13-11-20(35)12-14-33;24-18-11-15(6-5-14(18)12-25)28-22(13-3-1-2-4-13)17-8-9-19-16(21(17)27-28)7-10-20(26-19)23(29)30;7-5-1-3-6-4-2-5;1-3-2;/h5-7,10,15,17,20,22,27,35H,1-4,8-9,11-14H2;5-7,10-11,13,17,22H,1-4,8-9H2,(H,29,30);5-7H,1-4H2;;1H/q;;;-1;/t22-,27-;17-,22-;;;/m00.../s1. The number of halogens is 6. The Bertz CT molecular complexity index is 2910. The summed E-state index contributed by atoms with van der Waals surface area (Å²) in [5.41, 5.74) is 9.12. The van der Waals surface area contributed by atoms with Gasteiger partial charge in [0.05, 0.1) is 79.6 Å². The minimum absolute atomic E-state index is 0. The number of hydrogen-bond donors (Lipinski definition) is 4. The number of nitrogens with one attached hydrogen (secondary N) is 1. The van der Waals surface area contributed by atoms with Crippen LogP contribution in [0.4, 0.5) is 11.4 Å². The normalized spacial score (nSPS) is 22.9. The molecule has 15 nitrogen and oxygen atoms in total. The van der Waals surface area contributed by atoms with Gasteiger partial charge in [-0.1, -0.05) is 48.9 Å². The first kappa shape index (κ1) is 60.1. The number of carbonyl (C=O) groups is 2. The van der Waals surface area contributed by atoms with Gasteiger partial charge in [-0.25, -0.2) is 14.8 Å². The number of aromatic nitrogens is 2. The maximum Gasteiger partial charge on any atom is 0.354 e. The summed E-state index contributed by atoms with van der Waals surface area (Å²) >= 11 is 18.0. The molecule has 4 atom stereocenters. The quantitative estimate of drug-likeness (QED) is 0.134. The number of aliphatic hydroxyl groups excluding tert-OH is 2. The first-order valence-corrected chi connectivity index (χ1v) is 39.9. The van der Waals surface area contributed by atoms with Gasteiger partial charge in [0.1, 0.15) is 23.5 Å². The number of pyridine rings is 2. The van der Waals surface area contributed by atoms with Gasteiger partial charge in [0.15, 0.2) is 0 Å². The average Bonchev–Trinajstić information content (AvgIpc) is 4.32. The summed E-state index contributed by atoms with van der Waals surface area (Å²) in [4.78, 5) is 35.4. The number of anilines is 2. The molecule has 0 spiro atoms. The molecular formula is C56H63Cl2I4N10O5-. The Morgan fingerprint density at radius 2 is 1.06 bits per heavy atom. The molecule has 0 unspecified atom stereocenters. The van der Waals surface area contributed by atoms with Gasteiger partial charge >= 0.3 is 56.5 Å². The van der Waals surface area contributed by atoms with Crippen LogP contribution in [0.2, 0.25) is 10.0 Å². The van der Waals surface area contributed by atoms with Crippen LogP contribution in [0.5, 0.6) is 0 Å². The number of rotatable bonds is 6. The largest absolute Gasteiger partial charge is 0.477 e. The number of aromatic carboxylic acids is 1. The summed E-state index contributed by atoms with van der Waals surface area (Å²) in [6.45, 7) is 3.11. The topological polar surface area (TPSA) is 215 Å². The van der Waals surface area contributed by atoms with Crippen molar-refractivity contribution in [3.05, 3.63) is 116 Å². The van der Waals surface area contributed by atoms with Crippen molar-refractivity contribution in [3.63, 3.8) is 0 Å². The van der Waals surface area contributed by atoms with Crippen LogP contribution in [0.25, 0.3) is 0 Å². The summed E-state index contributed by atoms with van der Waals surface area (Å²) in [5, 5.41) is 64.9. The first-order chi connectivity index (χ1) is 36.9. The van der Waals surface area contributed by atoms with Crippen molar-refractivity contribution in [3.8, 4) is 12.1 Å². The molecule has 77 heavy (non-hydrogen) atoms. The molecule has 1 amide bonds. The number of carboxylic acid groups (broad SMARTS) is 1. The van der Waals surface area contributed by atoms with Crippen molar-refractivity contribution < 1.29 is 38.2 Å². The molecule has 2 saturated heterocycles. The summed E-state index contributed by atoms with van der Waals surface area (Å²) in [5.74, 6) is 0.646. The van der Waals surface area contributed by atoms with Gasteiger partial charge in [0.25, 0.3) is 5.91 Å². The molecule has 4 N–H and O–H groups in total. The number of hydrazone groups is 2. The molecule has 4 fully saturated rings. The fourth-order valence-electron chi connectivity index (χ4n) is 12.6. The number of amides is 1. The van der Waals surface area contributed by atoms with Crippen molar-refractivity contribution in [2.75, 3.05) is 36.2 Å². The molecule has 4 aliphatic carbocycles. The van der Waals surface area contributed by atoms with Gasteiger partial charge in [-0.2, -0.15) is 20.7 Å². The van der Waals surface area contributed by atoms with Gasteiger partial charge in [0.2, 0.25) is 0 Å². The van der Waals surface area contributed by atoms with Crippen LogP contribution in [0.15, 0.2) is 70.9 Å².